The minimum absolute atomic E-state index is 0.324. The third kappa shape index (κ3) is 2.26. The largest absolute Gasteiger partial charge is 0.315 e. The van der Waals surface area contributed by atoms with Gasteiger partial charge in [0.15, 0.2) is 0 Å². The summed E-state index contributed by atoms with van der Waals surface area (Å²) in [4.78, 5) is 0. The zero-order valence-corrected chi connectivity index (χ0v) is 13.6. The van der Waals surface area contributed by atoms with Crippen LogP contribution in [0.2, 0.25) is 0 Å². The second kappa shape index (κ2) is 4.48. The van der Waals surface area contributed by atoms with Crippen molar-refractivity contribution in [2.45, 2.75) is 71.8 Å². The smallest absolute Gasteiger partial charge is 0.0125 e. The van der Waals surface area contributed by atoms with Crippen LogP contribution in [0.4, 0.5) is 0 Å². The van der Waals surface area contributed by atoms with E-state index in [0.29, 0.717) is 5.54 Å². The normalized spacial score (nSPS) is 45.2. The predicted octanol–water partition coefficient (Wildman–Crippen LogP) is 4.47. The van der Waals surface area contributed by atoms with E-state index in [1.54, 1.807) is 32.1 Å². The fraction of sp³-hybridized carbons (Fsp3) is 1.00. The molecule has 0 amide bonds. The molecule has 4 aliphatic rings. The molecule has 4 aliphatic carbocycles. The van der Waals surface area contributed by atoms with Crippen LogP contribution in [0.5, 0.6) is 0 Å². The molecular weight excluding hydrogens is 230 g/mol. The highest BCUT2D eigenvalue weighted by molar-refractivity contribution is 5.06. The quantitative estimate of drug-likeness (QED) is 0.789. The Bertz CT molecular complexity index is 328. The molecule has 110 valence electrons. The molecule has 4 fully saturated rings. The van der Waals surface area contributed by atoms with Crippen LogP contribution in [-0.4, -0.2) is 12.6 Å². The lowest BCUT2D eigenvalue weighted by Crippen LogP contribution is -2.54. The molecule has 1 N–H and O–H groups in total. The second-order valence-corrected chi connectivity index (χ2v) is 8.99. The molecule has 0 radical (unpaired) electrons. The van der Waals surface area contributed by atoms with Gasteiger partial charge in [0.25, 0.3) is 0 Å². The van der Waals surface area contributed by atoms with Crippen molar-refractivity contribution in [3.63, 3.8) is 0 Å². The van der Waals surface area contributed by atoms with Gasteiger partial charge in [-0.25, -0.2) is 0 Å². The topological polar surface area (TPSA) is 12.0 Å². The van der Waals surface area contributed by atoms with Gasteiger partial charge in [-0.1, -0.05) is 13.8 Å². The van der Waals surface area contributed by atoms with Crippen molar-refractivity contribution in [1.82, 2.24) is 5.32 Å². The van der Waals surface area contributed by atoms with Gasteiger partial charge in [0.05, 0.1) is 0 Å². The van der Waals surface area contributed by atoms with Gasteiger partial charge in [0.1, 0.15) is 0 Å². The Morgan fingerprint density at radius 3 is 2.16 bits per heavy atom. The first-order valence-electron chi connectivity index (χ1n) is 8.54. The standard InChI is InChI=1S/C18H33N/c1-12(2)18-8-13-6-14(9-18)16(15(7-13)10-18)11-17(3,4)19-5/h12-16,19H,6-11H2,1-5H3. The van der Waals surface area contributed by atoms with Crippen molar-refractivity contribution in [2.75, 3.05) is 7.05 Å². The molecular formula is C18H33N. The molecule has 0 spiro atoms. The summed E-state index contributed by atoms with van der Waals surface area (Å²) < 4.78 is 0. The van der Waals surface area contributed by atoms with Crippen LogP contribution in [0.15, 0.2) is 0 Å². The summed E-state index contributed by atoms with van der Waals surface area (Å²) >= 11 is 0. The van der Waals surface area contributed by atoms with Crippen molar-refractivity contribution in [1.29, 1.82) is 0 Å². The van der Waals surface area contributed by atoms with Crippen molar-refractivity contribution < 1.29 is 0 Å². The highest BCUT2D eigenvalue weighted by Gasteiger charge is 2.56. The van der Waals surface area contributed by atoms with E-state index >= 15 is 0 Å². The zero-order chi connectivity index (χ0) is 13.8. The summed E-state index contributed by atoms with van der Waals surface area (Å²) in [6.07, 6.45) is 9.13. The highest BCUT2D eigenvalue weighted by Crippen LogP contribution is 2.65. The Balaban J connectivity index is 1.78. The van der Waals surface area contributed by atoms with Crippen LogP contribution in [0, 0.1) is 35.0 Å². The second-order valence-electron chi connectivity index (χ2n) is 8.99. The van der Waals surface area contributed by atoms with E-state index in [0.717, 1.165) is 35.0 Å². The van der Waals surface area contributed by atoms with Gasteiger partial charge < -0.3 is 5.32 Å². The molecule has 0 aromatic rings. The van der Waals surface area contributed by atoms with Gasteiger partial charge in [0.2, 0.25) is 0 Å². The Morgan fingerprint density at radius 2 is 1.68 bits per heavy atom. The van der Waals surface area contributed by atoms with E-state index in [1.165, 1.54) is 6.42 Å². The summed E-state index contributed by atoms with van der Waals surface area (Å²) in [5.41, 5.74) is 1.06. The fourth-order valence-electron chi connectivity index (χ4n) is 5.92. The average Bonchev–Trinajstić information content (AvgIpc) is 2.33. The summed E-state index contributed by atoms with van der Waals surface area (Å²) in [6.45, 7) is 9.74. The van der Waals surface area contributed by atoms with Crippen LogP contribution >= 0.6 is 0 Å². The van der Waals surface area contributed by atoms with Crippen molar-refractivity contribution >= 4 is 0 Å². The Hall–Kier alpha value is -0.0400. The predicted molar refractivity (Wildman–Crippen MR) is 82.1 cm³/mol. The zero-order valence-electron chi connectivity index (χ0n) is 13.6. The summed E-state index contributed by atoms with van der Waals surface area (Å²) in [7, 11) is 2.13. The number of nitrogens with one attached hydrogen (secondary N) is 1. The third-order valence-electron chi connectivity index (χ3n) is 7.16. The number of hydrogen-bond donors (Lipinski definition) is 1. The molecule has 2 unspecified atom stereocenters. The van der Waals surface area contributed by atoms with Crippen molar-refractivity contribution in [3.8, 4) is 0 Å². The molecule has 1 heteroatoms. The molecule has 0 heterocycles. The Labute approximate surface area is 119 Å². The summed E-state index contributed by atoms with van der Waals surface area (Å²) in [5, 5.41) is 3.53. The maximum absolute atomic E-state index is 3.53. The van der Waals surface area contributed by atoms with Gasteiger partial charge >= 0.3 is 0 Å². The number of hydrogen-bond acceptors (Lipinski definition) is 1. The lowest BCUT2D eigenvalue weighted by Gasteiger charge is -2.62. The molecule has 4 saturated carbocycles. The van der Waals surface area contributed by atoms with Crippen molar-refractivity contribution in [3.05, 3.63) is 0 Å². The molecule has 19 heavy (non-hydrogen) atoms. The minimum atomic E-state index is 0.324. The average molecular weight is 263 g/mol. The van der Waals surface area contributed by atoms with E-state index in [4.69, 9.17) is 0 Å². The first kappa shape index (κ1) is 13.9. The molecule has 0 aromatic carbocycles. The van der Waals surface area contributed by atoms with Gasteiger partial charge in [-0.2, -0.15) is 0 Å². The van der Waals surface area contributed by atoms with Gasteiger partial charge in [-0.3, -0.25) is 0 Å². The Kier molecular flexibility index (Phi) is 3.28. The molecule has 4 rings (SSSR count). The first-order valence-corrected chi connectivity index (χ1v) is 8.54. The van der Waals surface area contributed by atoms with Crippen LogP contribution in [0.1, 0.15) is 66.2 Å². The minimum Gasteiger partial charge on any atom is -0.315 e. The van der Waals surface area contributed by atoms with Crippen LogP contribution in [0.3, 0.4) is 0 Å². The highest BCUT2D eigenvalue weighted by atomic mass is 14.9. The van der Waals surface area contributed by atoms with Gasteiger partial charge in [-0.15, -0.1) is 0 Å². The van der Waals surface area contributed by atoms with E-state index in [9.17, 15) is 0 Å². The SMILES string of the molecule is CNC(C)(C)CC1C2CC3CC1CC(C(C)C)(C3)C2. The lowest BCUT2D eigenvalue weighted by atomic mass is 9.43. The summed E-state index contributed by atoms with van der Waals surface area (Å²) in [6, 6.07) is 0. The van der Waals surface area contributed by atoms with Crippen molar-refractivity contribution in [2.24, 2.45) is 35.0 Å². The van der Waals surface area contributed by atoms with E-state index in [2.05, 4.69) is 40.1 Å². The molecule has 4 bridgehead atoms. The molecule has 1 nitrogen and oxygen atoms in total. The Morgan fingerprint density at radius 1 is 1.11 bits per heavy atom. The maximum Gasteiger partial charge on any atom is 0.0125 e. The summed E-state index contributed by atoms with van der Waals surface area (Å²) in [5.74, 6) is 5.07. The van der Waals surface area contributed by atoms with Crippen LogP contribution in [-0.2, 0) is 0 Å². The lowest BCUT2D eigenvalue weighted by molar-refractivity contribution is -0.122. The molecule has 0 aromatic heterocycles. The van der Waals surface area contributed by atoms with Crippen LogP contribution in [0.25, 0.3) is 0 Å². The molecule has 0 aliphatic heterocycles. The van der Waals surface area contributed by atoms with Gasteiger partial charge in [-0.05, 0) is 94.4 Å². The van der Waals surface area contributed by atoms with Gasteiger partial charge in [0, 0.05) is 5.54 Å². The molecule has 2 atom stereocenters. The van der Waals surface area contributed by atoms with Crippen LogP contribution < -0.4 is 5.32 Å². The molecule has 0 saturated heterocycles. The third-order valence-corrected chi connectivity index (χ3v) is 7.16. The first-order chi connectivity index (χ1) is 8.85. The fourth-order valence-corrected chi connectivity index (χ4v) is 5.92. The maximum atomic E-state index is 3.53. The van der Waals surface area contributed by atoms with E-state index in [1.807, 2.05) is 0 Å². The van der Waals surface area contributed by atoms with E-state index in [-0.39, 0.29) is 0 Å². The monoisotopic (exact) mass is 263 g/mol. The number of rotatable bonds is 4. The van der Waals surface area contributed by atoms with E-state index < -0.39 is 0 Å².